The molecule has 1 aromatic heterocycles. The lowest BCUT2D eigenvalue weighted by Gasteiger charge is -2.26. The molecule has 1 amide bonds. The summed E-state index contributed by atoms with van der Waals surface area (Å²) in [5.74, 6) is 0.141. The normalized spacial score (nSPS) is 18.2. The monoisotopic (exact) mass is 268 g/mol. The highest BCUT2D eigenvalue weighted by Crippen LogP contribution is 2.08. The van der Waals surface area contributed by atoms with Crippen LogP contribution in [0.3, 0.4) is 0 Å². The molecule has 0 saturated carbocycles. The second-order valence-electron chi connectivity index (χ2n) is 4.57. The Kier molecular flexibility index (Phi) is 4.89. The van der Waals surface area contributed by atoms with Crippen molar-refractivity contribution in [2.45, 2.75) is 13.0 Å². The molecule has 0 spiro atoms. The van der Waals surface area contributed by atoms with Gasteiger partial charge in [0.1, 0.15) is 6.26 Å². The molecule has 1 atom stereocenters. The Balaban J connectivity index is 1.74. The first-order valence-electron chi connectivity index (χ1n) is 6.46. The second kappa shape index (κ2) is 6.65. The van der Waals surface area contributed by atoms with Crippen molar-refractivity contribution in [2.75, 3.05) is 39.4 Å². The van der Waals surface area contributed by atoms with E-state index in [4.69, 9.17) is 14.9 Å². The number of nitrogens with zero attached hydrogens (tertiary/aromatic N) is 2. The van der Waals surface area contributed by atoms with E-state index in [1.165, 1.54) is 6.26 Å². The zero-order valence-corrected chi connectivity index (χ0v) is 11.1. The zero-order chi connectivity index (χ0) is 13.7. The van der Waals surface area contributed by atoms with Gasteiger partial charge in [0.25, 0.3) is 5.91 Å². The number of morpholine rings is 1. The van der Waals surface area contributed by atoms with Crippen LogP contribution >= 0.6 is 0 Å². The third kappa shape index (κ3) is 4.02. The summed E-state index contributed by atoms with van der Waals surface area (Å²) in [6, 6.07) is -0.310. The summed E-state index contributed by atoms with van der Waals surface area (Å²) in [5.41, 5.74) is 5.89. The Bertz CT molecular complexity index is 413. The number of nitrogens with two attached hydrogens (primary N) is 1. The maximum Gasteiger partial charge on any atom is 0.273 e. The van der Waals surface area contributed by atoms with Crippen LogP contribution in [0.1, 0.15) is 29.3 Å². The summed E-state index contributed by atoms with van der Waals surface area (Å²) in [4.78, 5) is 18.1. The summed E-state index contributed by atoms with van der Waals surface area (Å²) in [5, 5.41) is 2.81. The van der Waals surface area contributed by atoms with Gasteiger partial charge in [-0.25, -0.2) is 4.98 Å². The van der Waals surface area contributed by atoms with Gasteiger partial charge in [-0.2, -0.15) is 0 Å². The molecule has 0 aliphatic carbocycles. The van der Waals surface area contributed by atoms with Gasteiger partial charge in [-0.05, 0) is 6.92 Å². The van der Waals surface area contributed by atoms with Crippen LogP contribution in [-0.2, 0) is 4.74 Å². The molecule has 0 bridgehead atoms. The molecule has 3 N–H and O–H groups in total. The van der Waals surface area contributed by atoms with Gasteiger partial charge in [-0.1, -0.05) is 0 Å². The quantitative estimate of drug-likeness (QED) is 0.765. The van der Waals surface area contributed by atoms with Crippen molar-refractivity contribution in [3.05, 3.63) is 17.8 Å². The summed E-state index contributed by atoms with van der Waals surface area (Å²) in [6.07, 6.45) is 1.34. The Labute approximate surface area is 112 Å². The van der Waals surface area contributed by atoms with Gasteiger partial charge < -0.3 is 20.2 Å². The topological polar surface area (TPSA) is 93.6 Å². The maximum atomic E-state index is 11.8. The zero-order valence-electron chi connectivity index (χ0n) is 11.1. The van der Waals surface area contributed by atoms with E-state index >= 15 is 0 Å². The molecular weight excluding hydrogens is 248 g/mol. The average molecular weight is 268 g/mol. The van der Waals surface area contributed by atoms with Gasteiger partial charge in [0.05, 0.1) is 19.3 Å². The minimum Gasteiger partial charge on any atom is -0.446 e. The van der Waals surface area contributed by atoms with Crippen LogP contribution in [0.15, 0.2) is 10.7 Å². The molecule has 19 heavy (non-hydrogen) atoms. The lowest BCUT2D eigenvalue weighted by atomic mass is 10.3. The molecule has 1 aliphatic rings. The number of carbonyl (C=O) groups excluding carboxylic acids is 1. The largest absolute Gasteiger partial charge is 0.446 e. The van der Waals surface area contributed by atoms with Crippen LogP contribution in [-0.4, -0.2) is 55.2 Å². The third-order valence-corrected chi connectivity index (χ3v) is 2.96. The van der Waals surface area contributed by atoms with E-state index in [-0.39, 0.29) is 17.6 Å². The maximum absolute atomic E-state index is 11.8. The minimum atomic E-state index is -0.310. The van der Waals surface area contributed by atoms with Gasteiger partial charge in [0, 0.05) is 26.2 Å². The van der Waals surface area contributed by atoms with E-state index in [1.54, 1.807) is 6.92 Å². The fourth-order valence-electron chi connectivity index (χ4n) is 1.84. The summed E-state index contributed by atoms with van der Waals surface area (Å²) < 4.78 is 10.4. The molecule has 0 radical (unpaired) electrons. The molecule has 106 valence electrons. The van der Waals surface area contributed by atoms with Crippen molar-refractivity contribution in [3.63, 3.8) is 0 Å². The van der Waals surface area contributed by atoms with Crippen molar-refractivity contribution in [1.29, 1.82) is 0 Å². The number of rotatable bonds is 5. The first-order chi connectivity index (χ1) is 9.16. The van der Waals surface area contributed by atoms with E-state index in [9.17, 15) is 4.79 Å². The Morgan fingerprint density at radius 3 is 2.95 bits per heavy atom. The van der Waals surface area contributed by atoms with Gasteiger partial charge in [0.2, 0.25) is 5.89 Å². The third-order valence-electron chi connectivity index (χ3n) is 2.96. The molecular formula is C12H20N4O3. The van der Waals surface area contributed by atoms with Crippen LogP contribution in [0.25, 0.3) is 0 Å². The summed E-state index contributed by atoms with van der Waals surface area (Å²) in [7, 11) is 0. The fraction of sp³-hybridized carbons (Fsp3) is 0.667. The fourth-order valence-corrected chi connectivity index (χ4v) is 1.84. The molecule has 1 unspecified atom stereocenters. The minimum absolute atomic E-state index is 0.232. The SMILES string of the molecule is CC(N)c1nc(C(=O)NCCN2CCOCC2)co1. The van der Waals surface area contributed by atoms with Crippen LogP contribution in [0, 0.1) is 0 Å². The van der Waals surface area contributed by atoms with Crippen LogP contribution in [0.2, 0.25) is 0 Å². The number of amides is 1. The number of hydrogen-bond acceptors (Lipinski definition) is 6. The van der Waals surface area contributed by atoms with Gasteiger partial charge in [0.15, 0.2) is 5.69 Å². The second-order valence-corrected chi connectivity index (χ2v) is 4.57. The van der Waals surface area contributed by atoms with Crippen molar-refractivity contribution in [1.82, 2.24) is 15.2 Å². The standard InChI is InChI=1S/C12H20N4O3/c1-9(13)12-15-10(8-19-12)11(17)14-2-3-16-4-6-18-7-5-16/h8-9H,2-7,13H2,1H3,(H,14,17). The predicted molar refractivity (Wildman–Crippen MR) is 68.7 cm³/mol. The molecule has 1 saturated heterocycles. The highest BCUT2D eigenvalue weighted by Gasteiger charge is 2.15. The first-order valence-corrected chi connectivity index (χ1v) is 6.46. The summed E-state index contributed by atoms with van der Waals surface area (Å²) >= 11 is 0. The van der Waals surface area contributed by atoms with E-state index in [2.05, 4.69) is 15.2 Å². The number of hydrogen-bond donors (Lipinski definition) is 2. The molecule has 0 aromatic carbocycles. The van der Waals surface area contributed by atoms with Crippen molar-refractivity contribution >= 4 is 5.91 Å². The molecule has 1 aromatic rings. The number of aromatic nitrogens is 1. The number of carbonyl (C=O) groups is 1. The highest BCUT2D eigenvalue weighted by molar-refractivity contribution is 5.91. The number of nitrogens with one attached hydrogen (secondary N) is 1. The van der Waals surface area contributed by atoms with E-state index in [0.29, 0.717) is 12.4 Å². The van der Waals surface area contributed by atoms with Crippen LogP contribution in [0.5, 0.6) is 0 Å². The molecule has 2 heterocycles. The van der Waals surface area contributed by atoms with Crippen molar-refractivity contribution in [3.8, 4) is 0 Å². The number of ether oxygens (including phenoxy) is 1. The smallest absolute Gasteiger partial charge is 0.273 e. The van der Waals surface area contributed by atoms with Gasteiger partial charge in [-0.3, -0.25) is 9.69 Å². The Hall–Kier alpha value is -1.44. The molecule has 1 fully saturated rings. The Morgan fingerprint density at radius 1 is 1.58 bits per heavy atom. The Morgan fingerprint density at radius 2 is 2.32 bits per heavy atom. The molecule has 7 nitrogen and oxygen atoms in total. The lowest BCUT2D eigenvalue weighted by molar-refractivity contribution is 0.0383. The lowest BCUT2D eigenvalue weighted by Crippen LogP contribution is -2.41. The average Bonchev–Trinajstić information content (AvgIpc) is 2.89. The first kappa shape index (κ1) is 14.0. The van der Waals surface area contributed by atoms with E-state index in [1.807, 2.05) is 0 Å². The predicted octanol–water partition coefficient (Wildman–Crippen LogP) is -0.244. The molecule has 2 rings (SSSR count). The van der Waals surface area contributed by atoms with Crippen LogP contribution < -0.4 is 11.1 Å². The van der Waals surface area contributed by atoms with Crippen molar-refractivity contribution in [2.24, 2.45) is 5.73 Å². The van der Waals surface area contributed by atoms with Gasteiger partial charge in [-0.15, -0.1) is 0 Å². The van der Waals surface area contributed by atoms with Gasteiger partial charge >= 0.3 is 0 Å². The summed E-state index contributed by atoms with van der Waals surface area (Å²) in [6.45, 7) is 6.49. The highest BCUT2D eigenvalue weighted by atomic mass is 16.5. The van der Waals surface area contributed by atoms with E-state index in [0.717, 1.165) is 32.8 Å². The number of oxazole rings is 1. The van der Waals surface area contributed by atoms with E-state index < -0.39 is 0 Å². The van der Waals surface area contributed by atoms with Crippen molar-refractivity contribution < 1.29 is 13.9 Å². The molecule has 7 heteroatoms. The van der Waals surface area contributed by atoms with Crippen LogP contribution in [0.4, 0.5) is 0 Å². The molecule has 1 aliphatic heterocycles.